The molecule has 12 heteroatoms. The molecule has 0 saturated heterocycles. The number of benzene rings is 2. The number of hydrogen-bond acceptors (Lipinski definition) is 9. The van der Waals surface area contributed by atoms with E-state index in [9.17, 15) is 9.59 Å². The minimum absolute atomic E-state index is 0.0866. The Hall–Kier alpha value is -3.20. The van der Waals surface area contributed by atoms with Crippen LogP contribution in [0.1, 0.15) is 20.8 Å². The van der Waals surface area contributed by atoms with Gasteiger partial charge in [-0.3, -0.25) is 8.77 Å². The van der Waals surface area contributed by atoms with E-state index in [0.717, 1.165) is 16.5 Å². The predicted molar refractivity (Wildman–Crippen MR) is 174 cm³/mol. The average Bonchev–Trinajstić information content (AvgIpc) is 3.37. The van der Waals surface area contributed by atoms with Crippen molar-refractivity contribution in [3.63, 3.8) is 0 Å². The van der Waals surface area contributed by atoms with Crippen LogP contribution in [0.5, 0.6) is 17.2 Å². The molecule has 0 aliphatic heterocycles. The van der Waals surface area contributed by atoms with E-state index >= 15 is 0 Å². The van der Waals surface area contributed by atoms with Gasteiger partial charge in [0.25, 0.3) is 5.56 Å². The molecule has 0 aliphatic carbocycles. The summed E-state index contributed by atoms with van der Waals surface area (Å²) in [7, 11) is 3.16. The Morgan fingerprint density at radius 1 is 0.976 bits per heavy atom. The summed E-state index contributed by atoms with van der Waals surface area (Å²) in [5, 5.41) is 0.810. The molecule has 0 fully saturated rings. The number of anilines is 1. The fraction of sp³-hybridized carbons (Fsp3) is 0.333. The highest BCUT2D eigenvalue weighted by molar-refractivity contribution is 14.2. The molecule has 0 bridgehead atoms. The number of carbonyl (C=O) groups excluding carboxylic acids is 1. The van der Waals surface area contributed by atoms with E-state index in [0.29, 0.717) is 48.3 Å². The number of aryl methyl sites for hydroxylation is 1. The molecular weight excluding hydrogens is 673 g/mol. The van der Waals surface area contributed by atoms with Crippen LogP contribution in [0.2, 0.25) is 0 Å². The molecule has 2 aromatic heterocycles. The van der Waals surface area contributed by atoms with Crippen LogP contribution >= 0.6 is 30.3 Å². The minimum Gasteiger partial charge on any atom is -0.491 e. The lowest BCUT2D eigenvalue weighted by Crippen LogP contribution is -2.27. The Balaban J connectivity index is 1.37. The Morgan fingerprint density at radius 3 is 2.48 bits per heavy atom. The summed E-state index contributed by atoms with van der Waals surface area (Å²) >= 11 is 2.15. The van der Waals surface area contributed by atoms with Crippen molar-refractivity contribution < 1.29 is 28.5 Å². The van der Waals surface area contributed by atoms with Crippen molar-refractivity contribution in [3.05, 3.63) is 71.3 Å². The van der Waals surface area contributed by atoms with Gasteiger partial charge in [-0.15, -0.1) is 0 Å². The van der Waals surface area contributed by atoms with E-state index in [-0.39, 0.29) is 18.8 Å². The highest BCUT2D eigenvalue weighted by atomic mass is 127. The zero-order chi connectivity index (χ0) is 30.3. The highest BCUT2D eigenvalue weighted by Crippen LogP contribution is 2.39. The molecule has 42 heavy (non-hydrogen) atoms. The molecule has 0 unspecified atom stereocenters. The number of halogens is 1. The van der Waals surface area contributed by atoms with Crippen LogP contribution in [0.25, 0.3) is 22.0 Å². The van der Waals surface area contributed by atoms with Gasteiger partial charge < -0.3 is 34.0 Å². The summed E-state index contributed by atoms with van der Waals surface area (Å²) < 4.78 is 31.6. The van der Waals surface area contributed by atoms with E-state index in [1.807, 2.05) is 67.3 Å². The molecule has 0 amide bonds. The molecule has 0 saturated carbocycles. The van der Waals surface area contributed by atoms with Crippen LogP contribution in [0.15, 0.2) is 65.7 Å². The van der Waals surface area contributed by atoms with Gasteiger partial charge in [0.05, 0.1) is 19.8 Å². The molecule has 2 aromatic carbocycles. The number of nitrogens with two attached hydrogens (primary N) is 1. The van der Waals surface area contributed by atoms with Gasteiger partial charge >= 0.3 is 5.97 Å². The zero-order valence-electron chi connectivity index (χ0n) is 23.9. The molecule has 224 valence electrons. The standard InChI is InChI=1S/C30H34IN3O7S/c1-30(2,3)41-27(35)19-38-13-12-37-14-15-39-21-6-5-7-22(17-21)40-26-9-8-20(32)16-24(26)25-18-33(4)29(36)28-23(25)10-11-34(28)42-31/h5-11,16-18H,12-15,19,32H2,1-4H3. The molecule has 10 nitrogen and oxygen atoms in total. The van der Waals surface area contributed by atoms with Gasteiger partial charge in [-0.05, 0) is 57.2 Å². The number of ether oxygens (including phenoxy) is 5. The second-order valence-corrected chi connectivity index (χ2v) is 12.1. The third-order valence-corrected chi connectivity index (χ3v) is 7.62. The summed E-state index contributed by atoms with van der Waals surface area (Å²) in [4.78, 5) is 24.5. The van der Waals surface area contributed by atoms with Gasteiger partial charge in [0.15, 0.2) is 0 Å². The molecule has 0 radical (unpaired) electrons. The third-order valence-electron chi connectivity index (χ3n) is 5.90. The lowest BCUT2D eigenvalue weighted by molar-refractivity contribution is -0.160. The Labute approximate surface area is 260 Å². The van der Waals surface area contributed by atoms with Crippen LogP contribution in [-0.4, -0.2) is 53.1 Å². The number of nitrogens with zero attached hydrogens (tertiary/aromatic N) is 2. The number of nitrogen functional groups attached to an aromatic ring is 1. The maximum absolute atomic E-state index is 12.9. The number of esters is 1. The van der Waals surface area contributed by atoms with E-state index in [2.05, 4.69) is 21.2 Å². The van der Waals surface area contributed by atoms with Crippen molar-refractivity contribution in [3.8, 4) is 28.4 Å². The second kappa shape index (κ2) is 14.3. The quantitative estimate of drug-likeness (QED) is 0.0776. The molecule has 0 atom stereocenters. The van der Waals surface area contributed by atoms with Gasteiger partial charge in [-0.25, -0.2) is 4.79 Å². The van der Waals surface area contributed by atoms with Gasteiger partial charge in [0, 0.05) is 78.0 Å². The summed E-state index contributed by atoms with van der Waals surface area (Å²) in [5.41, 5.74) is 8.32. The predicted octanol–water partition coefficient (Wildman–Crippen LogP) is 5.98. The molecule has 2 heterocycles. The van der Waals surface area contributed by atoms with Crippen LogP contribution in [0.3, 0.4) is 0 Å². The number of aromatic nitrogens is 2. The molecule has 0 aliphatic rings. The number of pyridine rings is 1. The van der Waals surface area contributed by atoms with Crippen LogP contribution in [0.4, 0.5) is 5.69 Å². The summed E-state index contributed by atoms with van der Waals surface area (Å²) in [6.07, 6.45) is 3.68. The maximum atomic E-state index is 12.9. The van der Waals surface area contributed by atoms with E-state index in [1.165, 1.54) is 9.12 Å². The van der Waals surface area contributed by atoms with Crippen LogP contribution in [0, 0.1) is 0 Å². The first kappa shape index (κ1) is 31.7. The first-order valence-corrected chi connectivity index (χ1v) is 16.5. The summed E-state index contributed by atoms with van der Waals surface area (Å²) in [6.45, 7) is 6.58. The van der Waals surface area contributed by atoms with Crippen molar-refractivity contribution >= 4 is 52.9 Å². The molecule has 4 aromatic rings. The molecule has 2 N–H and O–H groups in total. The summed E-state index contributed by atoms with van der Waals surface area (Å²) in [5.74, 6) is 1.38. The summed E-state index contributed by atoms with van der Waals surface area (Å²) in [6, 6.07) is 14.7. The second-order valence-electron chi connectivity index (χ2n) is 10.4. The Kier molecular flexibility index (Phi) is 10.8. The SMILES string of the molecule is Cn1cc(-c2cc(N)ccc2Oc2cccc(OCCOCCOCC(=O)OC(C)(C)C)c2)c2ccn(SI)c2c1=O. The van der Waals surface area contributed by atoms with Crippen molar-refractivity contribution in [2.75, 3.05) is 38.8 Å². The zero-order valence-corrected chi connectivity index (χ0v) is 26.9. The van der Waals surface area contributed by atoms with Gasteiger partial charge in [-0.1, -0.05) is 6.07 Å². The number of hydrogen-bond donors (Lipinski definition) is 1. The van der Waals surface area contributed by atoms with Crippen molar-refractivity contribution in [1.82, 2.24) is 8.54 Å². The average molecular weight is 708 g/mol. The molecule has 4 rings (SSSR count). The highest BCUT2D eigenvalue weighted by Gasteiger charge is 2.18. The Morgan fingerprint density at radius 2 is 1.71 bits per heavy atom. The monoisotopic (exact) mass is 707 g/mol. The first-order chi connectivity index (χ1) is 20.1. The van der Waals surface area contributed by atoms with Crippen molar-refractivity contribution in [1.29, 1.82) is 0 Å². The van der Waals surface area contributed by atoms with Gasteiger partial charge in [-0.2, -0.15) is 0 Å². The lowest BCUT2D eigenvalue weighted by atomic mass is 10.0. The molecular formula is C30H34IN3O7S. The number of rotatable bonds is 13. The van der Waals surface area contributed by atoms with Crippen molar-refractivity contribution in [2.45, 2.75) is 26.4 Å². The fourth-order valence-corrected chi connectivity index (χ4v) is 5.51. The fourth-order valence-electron chi connectivity index (χ4n) is 4.17. The van der Waals surface area contributed by atoms with Crippen LogP contribution in [-0.2, 0) is 26.1 Å². The van der Waals surface area contributed by atoms with E-state index in [4.69, 9.17) is 29.4 Å². The van der Waals surface area contributed by atoms with Crippen molar-refractivity contribution in [2.24, 2.45) is 7.05 Å². The Bertz CT molecular complexity index is 1600. The number of carbonyl (C=O) groups is 1. The minimum atomic E-state index is -0.537. The van der Waals surface area contributed by atoms with Gasteiger partial charge in [0.2, 0.25) is 0 Å². The molecule has 0 spiro atoms. The maximum Gasteiger partial charge on any atom is 0.332 e. The number of fused-ring (bicyclic) bond motifs is 1. The largest absolute Gasteiger partial charge is 0.491 e. The lowest BCUT2D eigenvalue weighted by Gasteiger charge is -2.19. The topological polar surface area (TPSA) is 116 Å². The normalized spacial score (nSPS) is 11.5. The van der Waals surface area contributed by atoms with Gasteiger partial charge in [0.1, 0.15) is 41.6 Å². The van der Waals surface area contributed by atoms with E-state index in [1.54, 1.807) is 29.9 Å². The van der Waals surface area contributed by atoms with Crippen LogP contribution < -0.4 is 20.8 Å². The van der Waals surface area contributed by atoms with E-state index < -0.39 is 11.6 Å². The third kappa shape index (κ3) is 8.43. The first-order valence-electron chi connectivity index (χ1n) is 13.2. The smallest absolute Gasteiger partial charge is 0.332 e.